The summed E-state index contributed by atoms with van der Waals surface area (Å²) in [6.45, 7) is 4.63. The number of carbonyl (C=O) groups is 1. The van der Waals surface area contributed by atoms with Crippen LogP contribution in [0.4, 0.5) is 14.9 Å². The lowest BCUT2D eigenvalue weighted by Gasteiger charge is -2.43. The number of piperazine rings is 1. The lowest BCUT2D eigenvalue weighted by atomic mass is 9.74. The standard InChI is InChI=1S/C31H45FN4O2/c1-33(2)31(37)34(3)30(24-12-6-5-7-13-24)26(25-14-8-9-15-27(25)32)18-19-35-20-22-36(23-21-35)28-16-10-11-17-29(28)38-4/h8-11,14-17,24,26,30H,5-7,12-13,18-23H2,1-4H3. The average molecular weight is 525 g/mol. The van der Waals surface area contributed by atoms with Gasteiger partial charge >= 0.3 is 6.03 Å². The van der Waals surface area contributed by atoms with Crippen molar-refractivity contribution in [2.75, 3.05) is 65.9 Å². The normalized spacial score (nSPS) is 18.6. The minimum absolute atomic E-state index is 0.00710. The number of nitrogens with zero attached hydrogens (tertiary/aromatic N) is 4. The minimum Gasteiger partial charge on any atom is -0.495 e. The second-order valence-corrected chi connectivity index (χ2v) is 11.1. The summed E-state index contributed by atoms with van der Waals surface area (Å²) < 4.78 is 20.9. The molecule has 2 aromatic carbocycles. The van der Waals surface area contributed by atoms with E-state index in [2.05, 4.69) is 21.9 Å². The molecule has 2 aromatic rings. The van der Waals surface area contributed by atoms with Gasteiger partial charge in [0.25, 0.3) is 0 Å². The van der Waals surface area contributed by atoms with Crippen molar-refractivity contribution in [2.45, 2.75) is 50.5 Å². The van der Waals surface area contributed by atoms with Crippen LogP contribution in [0, 0.1) is 11.7 Å². The number of benzene rings is 2. The molecule has 1 saturated heterocycles. The van der Waals surface area contributed by atoms with Crippen molar-refractivity contribution in [3.63, 3.8) is 0 Å². The van der Waals surface area contributed by atoms with Crippen LogP contribution in [0.25, 0.3) is 0 Å². The number of urea groups is 1. The zero-order valence-electron chi connectivity index (χ0n) is 23.6. The maximum atomic E-state index is 15.3. The van der Waals surface area contributed by atoms with Crippen LogP contribution in [0.3, 0.4) is 0 Å². The number of amides is 2. The molecule has 38 heavy (non-hydrogen) atoms. The van der Waals surface area contributed by atoms with Crippen molar-refractivity contribution in [2.24, 2.45) is 5.92 Å². The van der Waals surface area contributed by atoms with Gasteiger partial charge in [0.1, 0.15) is 11.6 Å². The van der Waals surface area contributed by atoms with Crippen molar-refractivity contribution in [1.29, 1.82) is 0 Å². The number of hydrogen-bond acceptors (Lipinski definition) is 4. The Kier molecular flexibility index (Phi) is 9.89. The Morgan fingerprint density at radius 2 is 1.63 bits per heavy atom. The Morgan fingerprint density at radius 1 is 0.974 bits per heavy atom. The Bertz CT molecular complexity index is 1030. The van der Waals surface area contributed by atoms with Gasteiger partial charge in [-0.3, -0.25) is 4.90 Å². The topological polar surface area (TPSA) is 39.3 Å². The maximum absolute atomic E-state index is 15.3. The molecule has 0 bridgehead atoms. The largest absolute Gasteiger partial charge is 0.495 e. The zero-order chi connectivity index (χ0) is 27.1. The highest BCUT2D eigenvalue weighted by atomic mass is 19.1. The molecule has 2 unspecified atom stereocenters. The Labute approximate surface area is 228 Å². The van der Waals surface area contributed by atoms with E-state index >= 15 is 4.39 Å². The van der Waals surface area contributed by atoms with E-state index in [1.165, 1.54) is 19.3 Å². The molecule has 6 nitrogen and oxygen atoms in total. The predicted molar refractivity (Wildman–Crippen MR) is 153 cm³/mol. The second kappa shape index (κ2) is 13.3. The van der Waals surface area contributed by atoms with E-state index in [1.807, 2.05) is 36.2 Å². The molecule has 1 heterocycles. The predicted octanol–water partition coefficient (Wildman–Crippen LogP) is 5.69. The molecule has 4 rings (SSSR count). The van der Waals surface area contributed by atoms with E-state index in [4.69, 9.17) is 4.74 Å². The van der Waals surface area contributed by atoms with Gasteiger partial charge < -0.3 is 19.4 Å². The van der Waals surface area contributed by atoms with Gasteiger partial charge in [-0.15, -0.1) is 0 Å². The first kappa shape index (κ1) is 28.2. The van der Waals surface area contributed by atoms with Gasteiger partial charge in [0.2, 0.25) is 0 Å². The van der Waals surface area contributed by atoms with E-state index < -0.39 is 0 Å². The third kappa shape index (κ3) is 6.60. The lowest BCUT2D eigenvalue weighted by molar-refractivity contribution is 0.106. The quantitative estimate of drug-likeness (QED) is 0.422. The van der Waals surface area contributed by atoms with Gasteiger partial charge in [0.05, 0.1) is 12.8 Å². The molecule has 2 amide bonds. The molecule has 1 aliphatic carbocycles. The smallest absolute Gasteiger partial charge is 0.319 e. The summed E-state index contributed by atoms with van der Waals surface area (Å²) in [7, 11) is 7.24. The first-order valence-electron chi connectivity index (χ1n) is 14.2. The number of methoxy groups -OCH3 is 1. The zero-order valence-corrected chi connectivity index (χ0v) is 23.6. The van der Waals surface area contributed by atoms with Crippen molar-refractivity contribution in [3.8, 4) is 5.75 Å². The monoisotopic (exact) mass is 524 g/mol. The van der Waals surface area contributed by atoms with Crippen LogP contribution < -0.4 is 9.64 Å². The molecule has 0 aromatic heterocycles. The van der Waals surface area contributed by atoms with E-state index in [1.54, 1.807) is 38.2 Å². The van der Waals surface area contributed by atoms with E-state index in [-0.39, 0.29) is 23.8 Å². The van der Waals surface area contributed by atoms with Crippen LogP contribution >= 0.6 is 0 Å². The van der Waals surface area contributed by atoms with Crippen LogP contribution in [-0.2, 0) is 0 Å². The molecule has 1 saturated carbocycles. The molecule has 0 spiro atoms. The molecule has 7 heteroatoms. The molecule has 2 atom stereocenters. The minimum atomic E-state index is -0.162. The molecule has 2 aliphatic rings. The summed E-state index contributed by atoms with van der Waals surface area (Å²) in [4.78, 5) is 21.6. The number of ether oxygens (including phenoxy) is 1. The number of carbonyl (C=O) groups excluding carboxylic acids is 1. The van der Waals surface area contributed by atoms with Gasteiger partial charge in [-0.25, -0.2) is 9.18 Å². The van der Waals surface area contributed by atoms with Crippen molar-refractivity contribution in [3.05, 3.63) is 59.9 Å². The van der Waals surface area contributed by atoms with Crippen LogP contribution in [0.1, 0.15) is 50.0 Å². The Morgan fingerprint density at radius 3 is 2.29 bits per heavy atom. The summed E-state index contributed by atoms with van der Waals surface area (Å²) in [5, 5.41) is 0. The van der Waals surface area contributed by atoms with Crippen molar-refractivity contribution >= 4 is 11.7 Å². The molecule has 0 radical (unpaired) electrons. The third-order valence-electron chi connectivity index (χ3n) is 8.54. The number of hydrogen-bond donors (Lipinski definition) is 0. The van der Waals surface area contributed by atoms with Gasteiger partial charge in [0, 0.05) is 59.3 Å². The number of anilines is 1. The molecule has 2 fully saturated rings. The van der Waals surface area contributed by atoms with Crippen LogP contribution in [0.5, 0.6) is 5.75 Å². The number of para-hydroxylation sites is 2. The fourth-order valence-electron chi connectivity index (χ4n) is 6.54. The number of likely N-dealkylation sites (N-methyl/N-ethyl adjacent to an activating group) is 1. The summed E-state index contributed by atoms with van der Waals surface area (Å²) in [5.41, 5.74) is 1.88. The lowest BCUT2D eigenvalue weighted by Crippen LogP contribution is -2.51. The van der Waals surface area contributed by atoms with Gasteiger partial charge in [-0.05, 0) is 55.5 Å². The van der Waals surface area contributed by atoms with Crippen molar-refractivity contribution in [1.82, 2.24) is 14.7 Å². The van der Waals surface area contributed by atoms with E-state index in [0.717, 1.165) is 69.0 Å². The van der Waals surface area contributed by atoms with Gasteiger partial charge in [0.15, 0.2) is 0 Å². The molecular formula is C31H45FN4O2. The van der Waals surface area contributed by atoms with Crippen LogP contribution in [-0.4, -0.2) is 87.7 Å². The molecule has 208 valence electrons. The Balaban J connectivity index is 1.52. The van der Waals surface area contributed by atoms with Gasteiger partial charge in [-0.1, -0.05) is 49.6 Å². The van der Waals surface area contributed by atoms with E-state index in [9.17, 15) is 4.79 Å². The highest BCUT2D eigenvalue weighted by molar-refractivity contribution is 5.74. The highest BCUT2D eigenvalue weighted by Gasteiger charge is 2.38. The number of halogens is 1. The highest BCUT2D eigenvalue weighted by Crippen LogP contribution is 2.39. The SMILES string of the molecule is COc1ccccc1N1CCN(CCC(c2ccccc2F)C(C2CCCCC2)N(C)C(=O)N(C)C)CC1. The first-order chi connectivity index (χ1) is 18.4. The van der Waals surface area contributed by atoms with Crippen LogP contribution in [0.15, 0.2) is 48.5 Å². The molecule has 0 N–H and O–H groups in total. The van der Waals surface area contributed by atoms with E-state index in [0.29, 0.717) is 5.92 Å². The fraction of sp³-hybridized carbons (Fsp3) is 0.581. The first-order valence-corrected chi connectivity index (χ1v) is 14.2. The summed E-state index contributed by atoms with van der Waals surface area (Å²) in [6.07, 6.45) is 6.62. The second-order valence-electron chi connectivity index (χ2n) is 11.1. The average Bonchev–Trinajstić information content (AvgIpc) is 2.95. The Hall–Kier alpha value is -2.80. The van der Waals surface area contributed by atoms with Crippen LogP contribution in [0.2, 0.25) is 0 Å². The van der Waals surface area contributed by atoms with Crippen molar-refractivity contribution < 1.29 is 13.9 Å². The fourth-order valence-corrected chi connectivity index (χ4v) is 6.54. The van der Waals surface area contributed by atoms with Gasteiger partial charge in [-0.2, -0.15) is 0 Å². The number of rotatable bonds is 9. The summed E-state index contributed by atoms with van der Waals surface area (Å²) in [6, 6.07) is 15.4. The maximum Gasteiger partial charge on any atom is 0.319 e. The molecule has 1 aliphatic heterocycles. The third-order valence-corrected chi connectivity index (χ3v) is 8.54. The summed E-state index contributed by atoms with van der Waals surface area (Å²) in [5.74, 6) is 1.07. The summed E-state index contributed by atoms with van der Waals surface area (Å²) >= 11 is 0. The molecular weight excluding hydrogens is 479 g/mol.